The Bertz CT molecular complexity index is 2890. The molecule has 0 saturated heterocycles. The third-order valence-electron chi connectivity index (χ3n) is 10.5. The number of nitrogens with zero attached hydrogens (tertiary/aromatic N) is 1. The van der Waals surface area contributed by atoms with Crippen LogP contribution < -0.4 is 4.90 Å². The zero-order chi connectivity index (χ0) is 35.8. The fourth-order valence-corrected chi connectivity index (χ4v) is 7.70. The van der Waals surface area contributed by atoms with Crippen molar-refractivity contribution in [2.45, 2.75) is 0 Å². The van der Waals surface area contributed by atoms with E-state index in [4.69, 9.17) is 4.42 Å². The Hall–Kier alpha value is -7.16. The summed E-state index contributed by atoms with van der Waals surface area (Å²) in [6.07, 6.45) is 0. The van der Waals surface area contributed by atoms with E-state index in [-0.39, 0.29) is 0 Å². The molecule has 0 N–H and O–H groups in total. The minimum Gasteiger partial charge on any atom is -0.456 e. The molecule has 0 aliphatic carbocycles. The smallest absolute Gasteiger partial charge is 0.136 e. The number of anilines is 3. The molecule has 9 aromatic carbocycles. The average molecular weight is 690 g/mol. The van der Waals surface area contributed by atoms with Crippen LogP contribution in [-0.4, -0.2) is 0 Å². The Morgan fingerprint density at radius 2 is 0.796 bits per heavy atom. The molecule has 254 valence electrons. The highest BCUT2D eigenvalue weighted by Crippen LogP contribution is 2.42. The number of furan rings is 1. The molecule has 10 rings (SSSR count). The van der Waals surface area contributed by atoms with Crippen molar-refractivity contribution < 1.29 is 4.42 Å². The predicted molar refractivity (Wildman–Crippen MR) is 228 cm³/mol. The number of hydrogen-bond donors (Lipinski definition) is 0. The molecule has 0 fully saturated rings. The molecule has 0 radical (unpaired) electrons. The maximum Gasteiger partial charge on any atom is 0.136 e. The van der Waals surface area contributed by atoms with Crippen LogP contribution in [0.3, 0.4) is 0 Å². The zero-order valence-corrected chi connectivity index (χ0v) is 29.6. The summed E-state index contributed by atoms with van der Waals surface area (Å²) in [6, 6.07) is 76.0. The number of para-hydroxylation sites is 2. The Labute approximate surface area is 314 Å². The van der Waals surface area contributed by atoms with Gasteiger partial charge in [0.1, 0.15) is 11.2 Å². The molecule has 2 heteroatoms. The molecule has 0 spiro atoms. The molecule has 1 heterocycles. The van der Waals surface area contributed by atoms with E-state index in [9.17, 15) is 0 Å². The maximum atomic E-state index is 6.23. The summed E-state index contributed by atoms with van der Waals surface area (Å²) in [5.74, 6) is 0. The second-order valence-electron chi connectivity index (χ2n) is 13.8. The van der Waals surface area contributed by atoms with Crippen LogP contribution in [-0.2, 0) is 0 Å². The highest BCUT2D eigenvalue weighted by Gasteiger charge is 2.18. The SMILES string of the molecule is c1ccc(-c2ccc(-c3ccccc3N(c3ccc(-c4ccccc4)cc3)c3ccc(-c4ccc5cc6c(cc5c4)oc4ccccc46)cc3)cc2)cc1. The number of hydrogen-bond acceptors (Lipinski definition) is 2. The van der Waals surface area contributed by atoms with Gasteiger partial charge < -0.3 is 9.32 Å². The van der Waals surface area contributed by atoms with Gasteiger partial charge in [-0.15, -0.1) is 0 Å². The van der Waals surface area contributed by atoms with E-state index in [1.54, 1.807) is 0 Å². The lowest BCUT2D eigenvalue weighted by molar-refractivity contribution is 0.669. The molecule has 10 aromatic rings. The van der Waals surface area contributed by atoms with E-state index in [2.05, 4.69) is 205 Å². The van der Waals surface area contributed by atoms with E-state index >= 15 is 0 Å². The lowest BCUT2D eigenvalue weighted by Crippen LogP contribution is -2.11. The monoisotopic (exact) mass is 689 g/mol. The summed E-state index contributed by atoms with van der Waals surface area (Å²) in [6.45, 7) is 0. The van der Waals surface area contributed by atoms with Crippen LogP contribution in [0.1, 0.15) is 0 Å². The molecule has 0 saturated carbocycles. The Balaban J connectivity index is 1.04. The van der Waals surface area contributed by atoms with E-state index in [1.807, 2.05) is 12.1 Å². The lowest BCUT2D eigenvalue weighted by Gasteiger charge is -2.28. The summed E-state index contributed by atoms with van der Waals surface area (Å²) in [4.78, 5) is 2.37. The van der Waals surface area contributed by atoms with Crippen molar-refractivity contribution in [2.75, 3.05) is 4.90 Å². The number of rotatable bonds is 7. The van der Waals surface area contributed by atoms with Crippen molar-refractivity contribution in [1.29, 1.82) is 0 Å². The largest absolute Gasteiger partial charge is 0.456 e. The lowest BCUT2D eigenvalue weighted by atomic mass is 9.97. The summed E-state index contributed by atoms with van der Waals surface area (Å²) >= 11 is 0. The van der Waals surface area contributed by atoms with Gasteiger partial charge in [0.15, 0.2) is 0 Å². The molecule has 0 atom stereocenters. The van der Waals surface area contributed by atoms with Gasteiger partial charge in [-0.2, -0.15) is 0 Å². The second kappa shape index (κ2) is 13.4. The van der Waals surface area contributed by atoms with Crippen LogP contribution in [0, 0.1) is 0 Å². The van der Waals surface area contributed by atoms with Gasteiger partial charge >= 0.3 is 0 Å². The van der Waals surface area contributed by atoms with Gasteiger partial charge in [0.25, 0.3) is 0 Å². The maximum absolute atomic E-state index is 6.23. The van der Waals surface area contributed by atoms with Crippen molar-refractivity contribution in [3.8, 4) is 44.5 Å². The number of fused-ring (bicyclic) bond motifs is 4. The zero-order valence-electron chi connectivity index (χ0n) is 29.6. The van der Waals surface area contributed by atoms with Gasteiger partial charge in [0.2, 0.25) is 0 Å². The second-order valence-corrected chi connectivity index (χ2v) is 13.8. The first-order valence-electron chi connectivity index (χ1n) is 18.4. The van der Waals surface area contributed by atoms with E-state index in [0.717, 1.165) is 50.0 Å². The normalized spacial score (nSPS) is 11.3. The third kappa shape index (κ3) is 5.81. The summed E-state index contributed by atoms with van der Waals surface area (Å²) in [7, 11) is 0. The Morgan fingerprint density at radius 3 is 1.46 bits per heavy atom. The first-order valence-corrected chi connectivity index (χ1v) is 18.4. The van der Waals surface area contributed by atoms with E-state index in [0.29, 0.717) is 0 Å². The van der Waals surface area contributed by atoms with Gasteiger partial charge in [-0.05, 0) is 104 Å². The highest BCUT2D eigenvalue weighted by molar-refractivity contribution is 6.10. The van der Waals surface area contributed by atoms with Crippen molar-refractivity contribution >= 4 is 49.8 Å². The van der Waals surface area contributed by atoms with Crippen molar-refractivity contribution in [2.24, 2.45) is 0 Å². The van der Waals surface area contributed by atoms with Gasteiger partial charge in [-0.3, -0.25) is 0 Å². The average Bonchev–Trinajstić information content (AvgIpc) is 3.61. The van der Waals surface area contributed by atoms with E-state index in [1.165, 1.54) is 44.3 Å². The van der Waals surface area contributed by atoms with Crippen molar-refractivity contribution in [3.05, 3.63) is 212 Å². The topological polar surface area (TPSA) is 16.4 Å². The Kier molecular flexibility index (Phi) is 7.85. The molecule has 0 bridgehead atoms. The molecular formula is C52H35NO. The predicted octanol–water partition coefficient (Wildman–Crippen LogP) is 14.9. The first kappa shape index (κ1) is 31.6. The van der Waals surface area contributed by atoms with Gasteiger partial charge in [-0.25, -0.2) is 0 Å². The van der Waals surface area contributed by atoms with Gasteiger partial charge in [0.05, 0.1) is 5.69 Å². The number of benzene rings is 9. The molecule has 0 unspecified atom stereocenters. The minimum absolute atomic E-state index is 0.915. The summed E-state index contributed by atoms with van der Waals surface area (Å²) in [5, 5.41) is 4.67. The molecule has 2 nitrogen and oxygen atoms in total. The highest BCUT2D eigenvalue weighted by atomic mass is 16.3. The molecule has 1 aromatic heterocycles. The summed E-state index contributed by atoms with van der Waals surface area (Å²) in [5.41, 5.74) is 14.6. The van der Waals surface area contributed by atoms with Crippen LogP contribution >= 0.6 is 0 Å². The van der Waals surface area contributed by atoms with Crippen LogP contribution in [0.4, 0.5) is 17.1 Å². The fourth-order valence-electron chi connectivity index (χ4n) is 7.70. The first-order chi connectivity index (χ1) is 26.7. The van der Waals surface area contributed by atoms with Crippen molar-refractivity contribution in [1.82, 2.24) is 0 Å². The molecule has 0 aliphatic heterocycles. The van der Waals surface area contributed by atoms with Crippen LogP contribution in [0.5, 0.6) is 0 Å². The molecule has 0 aliphatic rings. The third-order valence-corrected chi connectivity index (χ3v) is 10.5. The van der Waals surface area contributed by atoms with Gasteiger partial charge in [0, 0.05) is 27.7 Å². The fraction of sp³-hybridized carbons (Fsp3) is 0. The van der Waals surface area contributed by atoms with Crippen molar-refractivity contribution in [3.63, 3.8) is 0 Å². The summed E-state index contributed by atoms with van der Waals surface area (Å²) < 4.78 is 6.23. The van der Waals surface area contributed by atoms with Gasteiger partial charge in [-0.1, -0.05) is 158 Å². The van der Waals surface area contributed by atoms with Crippen LogP contribution in [0.15, 0.2) is 217 Å². The molecule has 54 heavy (non-hydrogen) atoms. The minimum atomic E-state index is 0.915. The molecule has 0 amide bonds. The quantitative estimate of drug-likeness (QED) is 0.166. The Morgan fingerprint density at radius 1 is 0.296 bits per heavy atom. The van der Waals surface area contributed by atoms with Crippen LogP contribution in [0.25, 0.3) is 77.2 Å². The standard InChI is InChI=1S/C52H35NO/c1-3-11-36(12-4-1)38-19-21-41(22-20-38)47-15-7-9-17-50(47)53(45-29-25-39(26-30-45)37-13-5-2-6-14-37)46-31-27-40(28-32-46)42-23-24-43-34-49-48-16-8-10-18-51(48)54-52(49)35-44(43)33-42/h1-35H. The van der Waals surface area contributed by atoms with E-state index < -0.39 is 0 Å². The molecular weight excluding hydrogens is 655 g/mol. The van der Waals surface area contributed by atoms with Crippen LogP contribution in [0.2, 0.25) is 0 Å².